The van der Waals surface area contributed by atoms with Crippen LogP contribution in [0.4, 0.5) is 0 Å². The second-order valence-corrected chi connectivity index (χ2v) is 5.64. The van der Waals surface area contributed by atoms with Crippen molar-refractivity contribution in [2.45, 2.75) is 9.70 Å². The lowest BCUT2D eigenvalue weighted by Crippen LogP contribution is -2.25. The molecule has 0 N–H and O–H groups in total. The number of rotatable bonds is 1. The van der Waals surface area contributed by atoms with Crippen molar-refractivity contribution in [1.82, 2.24) is 0 Å². The predicted molar refractivity (Wildman–Crippen MR) is 61.8 cm³/mol. The van der Waals surface area contributed by atoms with Crippen LogP contribution in [0.25, 0.3) is 6.08 Å². The fraction of sp³-hybridized carbons (Fsp3) is 0.182. The fourth-order valence-electron chi connectivity index (χ4n) is 1.62. The van der Waals surface area contributed by atoms with Crippen LogP contribution >= 0.6 is 27.5 Å². The number of fused-ring (bicyclic) bond motifs is 1. The van der Waals surface area contributed by atoms with Crippen molar-refractivity contribution < 1.29 is 4.79 Å². The van der Waals surface area contributed by atoms with Crippen LogP contribution in [0.5, 0.6) is 0 Å². The molecule has 0 saturated heterocycles. The summed E-state index contributed by atoms with van der Waals surface area (Å²) in [6.45, 7) is 0. The number of carbonyl (C=O) groups is 1. The third-order valence-corrected chi connectivity index (χ3v) is 3.49. The number of benzene rings is 1. The highest BCUT2D eigenvalue weighted by Gasteiger charge is 2.36. The summed E-state index contributed by atoms with van der Waals surface area (Å²) in [7, 11) is 0. The molecule has 0 amide bonds. The minimum absolute atomic E-state index is 0.328. The maximum Gasteiger partial charge on any atom is 0.131 e. The van der Waals surface area contributed by atoms with Crippen molar-refractivity contribution in [2.24, 2.45) is 0 Å². The van der Waals surface area contributed by atoms with E-state index in [9.17, 15) is 4.79 Å². The lowest BCUT2D eigenvalue weighted by atomic mass is 9.88. The van der Waals surface area contributed by atoms with Crippen LogP contribution in [0.2, 0.25) is 0 Å². The highest BCUT2D eigenvalue weighted by molar-refractivity contribution is 9.10. The van der Waals surface area contributed by atoms with Crippen molar-refractivity contribution in [3.8, 4) is 0 Å². The Bertz CT molecular complexity index is 398. The Hall–Kier alpha value is -0.600. The molecule has 0 aromatic heterocycles. The van der Waals surface area contributed by atoms with Crippen molar-refractivity contribution in [3.05, 3.63) is 41.5 Å². The van der Waals surface area contributed by atoms with E-state index in [0.717, 1.165) is 17.4 Å². The van der Waals surface area contributed by atoms with Gasteiger partial charge in [0.15, 0.2) is 0 Å². The summed E-state index contributed by atoms with van der Waals surface area (Å²) >= 11 is 9.50. The average molecular weight is 272 g/mol. The number of halogens is 2. The molecule has 2 unspecified atom stereocenters. The molecule has 0 heterocycles. The quantitative estimate of drug-likeness (QED) is 0.566. The van der Waals surface area contributed by atoms with E-state index in [1.807, 2.05) is 30.3 Å². The van der Waals surface area contributed by atoms with Crippen molar-refractivity contribution in [2.75, 3.05) is 0 Å². The first-order valence-corrected chi connectivity index (χ1v) is 5.43. The Balaban J connectivity index is 2.58. The molecule has 1 aromatic carbocycles. The van der Waals surface area contributed by atoms with Gasteiger partial charge in [0.05, 0.1) is 5.92 Å². The zero-order chi connectivity index (χ0) is 10.2. The van der Waals surface area contributed by atoms with Gasteiger partial charge in [-0.15, -0.1) is 11.6 Å². The summed E-state index contributed by atoms with van der Waals surface area (Å²) < 4.78 is -0.775. The Kier molecular flexibility index (Phi) is 2.50. The smallest absolute Gasteiger partial charge is 0.131 e. The van der Waals surface area contributed by atoms with Gasteiger partial charge in [0.25, 0.3) is 0 Å². The topological polar surface area (TPSA) is 17.1 Å². The molecule has 3 heteroatoms. The van der Waals surface area contributed by atoms with E-state index in [1.54, 1.807) is 6.08 Å². The summed E-state index contributed by atoms with van der Waals surface area (Å²) in [5, 5.41) is 0. The zero-order valence-corrected chi connectivity index (χ0v) is 9.62. The summed E-state index contributed by atoms with van der Waals surface area (Å²) in [6.07, 6.45) is 4.61. The maximum atomic E-state index is 11.0. The summed E-state index contributed by atoms with van der Waals surface area (Å²) in [6, 6.07) is 7.76. The standard InChI is InChI=1S/C11H8BrClO/c12-11(13)6-5-8-3-1-2-4-9(8)10(11)7-14/h1-7,10H. The van der Waals surface area contributed by atoms with Gasteiger partial charge in [-0.05, 0) is 11.1 Å². The lowest BCUT2D eigenvalue weighted by Gasteiger charge is -2.28. The van der Waals surface area contributed by atoms with Gasteiger partial charge in [-0.1, -0.05) is 52.3 Å². The van der Waals surface area contributed by atoms with Crippen molar-refractivity contribution in [1.29, 1.82) is 0 Å². The van der Waals surface area contributed by atoms with Gasteiger partial charge in [0, 0.05) is 0 Å². The van der Waals surface area contributed by atoms with Crippen molar-refractivity contribution >= 4 is 39.9 Å². The van der Waals surface area contributed by atoms with Gasteiger partial charge in [-0.2, -0.15) is 0 Å². The number of hydrogen-bond donors (Lipinski definition) is 0. The molecule has 1 aliphatic rings. The molecule has 72 valence electrons. The molecule has 0 bridgehead atoms. The molecule has 14 heavy (non-hydrogen) atoms. The molecule has 1 nitrogen and oxygen atoms in total. The maximum absolute atomic E-state index is 11.0. The monoisotopic (exact) mass is 270 g/mol. The van der Waals surface area contributed by atoms with Crippen LogP contribution in [-0.2, 0) is 4.79 Å². The number of hydrogen-bond acceptors (Lipinski definition) is 1. The molecule has 0 fully saturated rings. The molecule has 0 saturated carbocycles. The van der Waals surface area contributed by atoms with Gasteiger partial charge < -0.3 is 4.79 Å². The first kappa shape index (κ1) is 9.94. The highest BCUT2D eigenvalue weighted by Crippen LogP contribution is 2.44. The minimum Gasteiger partial charge on any atom is -0.303 e. The molecule has 2 atom stereocenters. The van der Waals surface area contributed by atoms with E-state index in [1.165, 1.54) is 0 Å². The van der Waals surface area contributed by atoms with Gasteiger partial charge in [0.1, 0.15) is 10.1 Å². The highest BCUT2D eigenvalue weighted by atomic mass is 79.9. The van der Waals surface area contributed by atoms with Crippen LogP contribution in [0.1, 0.15) is 17.0 Å². The Morgan fingerprint density at radius 3 is 2.86 bits per heavy atom. The summed E-state index contributed by atoms with van der Waals surface area (Å²) in [5.74, 6) is -0.328. The number of alkyl halides is 2. The van der Waals surface area contributed by atoms with Gasteiger partial charge in [-0.25, -0.2) is 0 Å². The van der Waals surface area contributed by atoms with Crippen LogP contribution in [0.3, 0.4) is 0 Å². The second kappa shape index (κ2) is 3.52. The van der Waals surface area contributed by atoms with E-state index in [-0.39, 0.29) is 5.92 Å². The van der Waals surface area contributed by atoms with Crippen molar-refractivity contribution in [3.63, 3.8) is 0 Å². The Labute approximate surface area is 95.9 Å². The predicted octanol–water partition coefficient (Wildman–Crippen LogP) is 3.33. The fourth-order valence-corrected chi connectivity index (χ4v) is 2.34. The molecule has 1 aliphatic carbocycles. The minimum atomic E-state index is -0.775. The average Bonchev–Trinajstić information content (AvgIpc) is 2.17. The molecule has 0 radical (unpaired) electrons. The molecule has 2 rings (SSSR count). The van der Waals surface area contributed by atoms with E-state index in [4.69, 9.17) is 11.6 Å². The van der Waals surface area contributed by atoms with Crippen LogP contribution in [-0.4, -0.2) is 10.1 Å². The molecular formula is C11H8BrClO. The van der Waals surface area contributed by atoms with Crippen LogP contribution in [0, 0.1) is 0 Å². The van der Waals surface area contributed by atoms with Gasteiger partial charge in [0.2, 0.25) is 0 Å². The van der Waals surface area contributed by atoms with Gasteiger partial charge in [-0.3, -0.25) is 0 Å². The molecule has 1 aromatic rings. The third kappa shape index (κ3) is 1.53. The molecule has 0 aliphatic heterocycles. The third-order valence-electron chi connectivity index (χ3n) is 2.37. The van der Waals surface area contributed by atoms with E-state index in [0.29, 0.717) is 0 Å². The zero-order valence-electron chi connectivity index (χ0n) is 7.28. The normalized spacial score (nSPS) is 29.7. The first-order valence-electron chi connectivity index (χ1n) is 4.26. The van der Waals surface area contributed by atoms with Crippen LogP contribution in [0.15, 0.2) is 30.3 Å². The number of aldehydes is 1. The Morgan fingerprint density at radius 2 is 2.14 bits per heavy atom. The lowest BCUT2D eigenvalue weighted by molar-refractivity contribution is -0.109. The second-order valence-electron chi connectivity index (χ2n) is 3.25. The number of allylic oxidation sites excluding steroid dienone is 1. The van der Waals surface area contributed by atoms with E-state index >= 15 is 0 Å². The van der Waals surface area contributed by atoms with E-state index in [2.05, 4.69) is 15.9 Å². The SMILES string of the molecule is O=CC1c2ccccc2C=CC1(Cl)Br. The van der Waals surface area contributed by atoms with Gasteiger partial charge >= 0.3 is 0 Å². The summed E-state index contributed by atoms with van der Waals surface area (Å²) in [4.78, 5) is 11.0. The first-order chi connectivity index (χ1) is 6.65. The molecule has 0 spiro atoms. The summed E-state index contributed by atoms with van der Waals surface area (Å²) in [5.41, 5.74) is 2.03. The largest absolute Gasteiger partial charge is 0.303 e. The molecular weight excluding hydrogens is 263 g/mol. The number of carbonyl (C=O) groups excluding carboxylic acids is 1. The van der Waals surface area contributed by atoms with Crippen LogP contribution < -0.4 is 0 Å². The van der Waals surface area contributed by atoms with E-state index < -0.39 is 3.78 Å². The Morgan fingerprint density at radius 1 is 1.43 bits per heavy atom.